The van der Waals surface area contributed by atoms with Crippen LogP contribution in [0.3, 0.4) is 0 Å². The van der Waals surface area contributed by atoms with Gasteiger partial charge in [0.2, 0.25) is 15.9 Å². The van der Waals surface area contributed by atoms with Crippen LogP contribution in [0.4, 0.5) is 5.69 Å². The molecule has 1 amide bonds. The van der Waals surface area contributed by atoms with Crippen molar-refractivity contribution < 1.29 is 17.9 Å². The molecule has 21 heavy (non-hydrogen) atoms. The summed E-state index contributed by atoms with van der Waals surface area (Å²) < 4.78 is 29.1. The third kappa shape index (κ3) is 6.24. The molecule has 0 atom stereocenters. The van der Waals surface area contributed by atoms with Crippen molar-refractivity contribution in [3.05, 3.63) is 29.8 Å². The lowest BCUT2D eigenvalue weighted by Crippen LogP contribution is -2.39. The first-order chi connectivity index (χ1) is 9.86. The monoisotopic (exact) mass is 314 g/mol. The number of amides is 1. The number of carbonyl (C=O) groups excluding carboxylic acids is 1. The van der Waals surface area contributed by atoms with Crippen LogP contribution >= 0.6 is 0 Å². The normalized spacial score (nSPS) is 11.6. The van der Waals surface area contributed by atoms with Crippen molar-refractivity contribution >= 4 is 21.6 Å². The van der Waals surface area contributed by atoms with Crippen molar-refractivity contribution in [2.24, 2.45) is 0 Å². The Morgan fingerprint density at radius 2 is 1.90 bits per heavy atom. The first kappa shape index (κ1) is 17.6. The standard InChI is InChI=1S/C14H22N2O4S/c1-4-12-5-7-13(8-6-12)15-14(17)11-16(9-10-20-2)21(3,18)19/h5-8H,4,9-11H2,1-3H3,(H,15,17). The van der Waals surface area contributed by atoms with E-state index in [-0.39, 0.29) is 25.6 Å². The van der Waals surface area contributed by atoms with Crippen LogP contribution in [-0.4, -0.2) is 51.7 Å². The van der Waals surface area contributed by atoms with Crippen molar-refractivity contribution in [1.29, 1.82) is 0 Å². The Kier molecular flexibility index (Phi) is 6.80. The van der Waals surface area contributed by atoms with Gasteiger partial charge in [0.15, 0.2) is 0 Å². The summed E-state index contributed by atoms with van der Waals surface area (Å²) in [6.07, 6.45) is 2.00. The fourth-order valence-corrected chi connectivity index (χ4v) is 2.50. The van der Waals surface area contributed by atoms with Crippen LogP contribution in [0, 0.1) is 0 Å². The van der Waals surface area contributed by atoms with E-state index in [0.29, 0.717) is 5.69 Å². The van der Waals surface area contributed by atoms with Crippen LogP contribution in [-0.2, 0) is 26.0 Å². The van der Waals surface area contributed by atoms with E-state index in [4.69, 9.17) is 4.74 Å². The zero-order valence-corrected chi connectivity index (χ0v) is 13.4. The molecule has 0 bridgehead atoms. The van der Waals surface area contributed by atoms with Gasteiger partial charge in [-0.25, -0.2) is 8.42 Å². The summed E-state index contributed by atoms with van der Waals surface area (Å²) in [4.78, 5) is 11.9. The third-order valence-electron chi connectivity index (χ3n) is 2.98. The van der Waals surface area contributed by atoms with E-state index in [1.165, 1.54) is 12.7 Å². The highest BCUT2D eigenvalue weighted by atomic mass is 32.2. The number of hydrogen-bond donors (Lipinski definition) is 1. The molecule has 0 heterocycles. The molecule has 1 aromatic rings. The lowest BCUT2D eigenvalue weighted by Gasteiger charge is -2.19. The second kappa shape index (κ2) is 8.11. The number of benzene rings is 1. The first-order valence-electron chi connectivity index (χ1n) is 6.69. The number of ether oxygens (including phenoxy) is 1. The minimum Gasteiger partial charge on any atom is -0.383 e. The molecule has 6 nitrogen and oxygen atoms in total. The second-order valence-corrected chi connectivity index (χ2v) is 6.67. The summed E-state index contributed by atoms with van der Waals surface area (Å²) in [6, 6.07) is 7.46. The molecule has 0 radical (unpaired) electrons. The number of hydrogen-bond acceptors (Lipinski definition) is 4. The highest BCUT2D eigenvalue weighted by Crippen LogP contribution is 2.10. The van der Waals surface area contributed by atoms with Gasteiger partial charge in [0.1, 0.15) is 0 Å². The topological polar surface area (TPSA) is 75.7 Å². The minimum atomic E-state index is -3.44. The fourth-order valence-electron chi connectivity index (χ4n) is 1.74. The second-order valence-electron chi connectivity index (χ2n) is 4.69. The van der Waals surface area contributed by atoms with Crippen LogP contribution in [0.5, 0.6) is 0 Å². The van der Waals surface area contributed by atoms with Gasteiger partial charge in [-0.05, 0) is 24.1 Å². The first-order valence-corrected chi connectivity index (χ1v) is 8.54. The van der Waals surface area contributed by atoms with Crippen molar-refractivity contribution in [3.63, 3.8) is 0 Å². The third-order valence-corrected chi connectivity index (χ3v) is 4.23. The molecule has 0 aliphatic rings. The van der Waals surface area contributed by atoms with Gasteiger partial charge < -0.3 is 10.1 Å². The number of carbonyl (C=O) groups is 1. The SMILES string of the molecule is CCc1ccc(NC(=O)CN(CCOC)S(C)(=O)=O)cc1. The molecule has 1 N–H and O–H groups in total. The highest BCUT2D eigenvalue weighted by Gasteiger charge is 2.19. The van der Waals surface area contributed by atoms with Gasteiger partial charge in [-0.15, -0.1) is 0 Å². The molecular weight excluding hydrogens is 292 g/mol. The summed E-state index contributed by atoms with van der Waals surface area (Å²) in [5.74, 6) is -0.374. The van der Waals surface area contributed by atoms with Gasteiger partial charge in [-0.2, -0.15) is 4.31 Å². The molecule has 0 aliphatic heterocycles. The van der Waals surface area contributed by atoms with Crippen LogP contribution in [0.1, 0.15) is 12.5 Å². The van der Waals surface area contributed by atoms with E-state index in [9.17, 15) is 13.2 Å². The summed E-state index contributed by atoms with van der Waals surface area (Å²) in [5, 5.41) is 2.69. The smallest absolute Gasteiger partial charge is 0.239 e. The maximum absolute atomic E-state index is 11.9. The Bertz CT molecular complexity index is 555. The molecule has 0 unspecified atom stereocenters. The zero-order valence-electron chi connectivity index (χ0n) is 12.6. The number of nitrogens with zero attached hydrogens (tertiary/aromatic N) is 1. The number of aryl methyl sites for hydroxylation is 1. The number of anilines is 1. The maximum Gasteiger partial charge on any atom is 0.239 e. The fraction of sp³-hybridized carbons (Fsp3) is 0.500. The molecule has 0 spiro atoms. The molecular formula is C14H22N2O4S. The molecule has 0 aromatic heterocycles. The minimum absolute atomic E-state index is 0.150. The van der Waals surface area contributed by atoms with Crippen molar-refractivity contribution in [1.82, 2.24) is 4.31 Å². The van der Waals surface area contributed by atoms with Crippen molar-refractivity contribution in [2.45, 2.75) is 13.3 Å². The van der Waals surface area contributed by atoms with Gasteiger partial charge >= 0.3 is 0 Å². The average Bonchev–Trinajstić information content (AvgIpc) is 2.43. The maximum atomic E-state index is 11.9. The van der Waals surface area contributed by atoms with E-state index in [0.717, 1.165) is 17.0 Å². The molecule has 1 aromatic carbocycles. The molecule has 1 rings (SSSR count). The van der Waals surface area contributed by atoms with Gasteiger partial charge in [-0.3, -0.25) is 4.79 Å². The average molecular weight is 314 g/mol. The largest absolute Gasteiger partial charge is 0.383 e. The van der Waals surface area contributed by atoms with Crippen LogP contribution in [0.15, 0.2) is 24.3 Å². The summed E-state index contributed by atoms with van der Waals surface area (Å²) in [7, 11) is -1.96. The number of sulfonamides is 1. The van der Waals surface area contributed by atoms with E-state index >= 15 is 0 Å². The summed E-state index contributed by atoms with van der Waals surface area (Å²) >= 11 is 0. The van der Waals surface area contributed by atoms with E-state index in [1.807, 2.05) is 19.1 Å². The number of methoxy groups -OCH3 is 1. The predicted octanol–water partition coefficient (Wildman–Crippen LogP) is 1.10. The lowest BCUT2D eigenvalue weighted by molar-refractivity contribution is -0.116. The Balaban J connectivity index is 2.64. The molecule has 0 saturated heterocycles. The van der Waals surface area contributed by atoms with Gasteiger partial charge in [-0.1, -0.05) is 19.1 Å². The van der Waals surface area contributed by atoms with Crippen molar-refractivity contribution in [2.75, 3.05) is 38.4 Å². The molecule has 7 heteroatoms. The molecule has 0 aliphatic carbocycles. The Morgan fingerprint density at radius 3 is 2.38 bits per heavy atom. The van der Waals surface area contributed by atoms with E-state index in [2.05, 4.69) is 5.32 Å². The number of rotatable bonds is 8. The molecule has 118 valence electrons. The summed E-state index contributed by atoms with van der Waals surface area (Å²) in [6.45, 7) is 2.22. The Morgan fingerprint density at radius 1 is 1.29 bits per heavy atom. The van der Waals surface area contributed by atoms with E-state index in [1.54, 1.807) is 12.1 Å². The number of nitrogens with one attached hydrogen (secondary N) is 1. The quantitative estimate of drug-likeness (QED) is 0.779. The Hall–Kier alpha value is -1.44. The van der Waals surface area contributed by atoms with Crippen molar-refractivity contribution in [3.8, 4) is 0 Å². The summed E-state index contributed by atoms with van der Waals surface area (Å²) in [5.41, 5.74) is 1.82. The van der Waals surface area contributed by atoms with Gasteiger partial charge in [0.05, 0.1) is 19.4 Å². The van der Waals surface area contributed by atoms with Gasteiger partial charge in [0.25, 0.3) is 0 Å². The lowest BCUT2D eigenvalue weighted by atomic mass is 10.1. The predicted molar refractivity (Wildman–Crippen MR) is 82.7 cm³/mol. The molecule has 0 saturated carbocycles. The van der Waals surface area contributed by atoms with Crippen LogP contribution < -0.4 is 5.32 Å². The Labute approximate surface area is 126 Å². The van der Waals surface area contributed by atoms with Crippen LogP contribution in [0.25, 0.3) is 0 Å². The van der Waals surface area contributed by atoms with Gasteiger partial charge in [0, 0.05) is 19.3 Å². The van der Waals surface area contributed by atoms with Crippen LogP contribution in [0.2, 0.25) is 0 Å². The van der Waals surface area contributed by atoms with E-state index < -0.39 is 10.0 Å². The zero-order chi connectivity index (χ0) is 15.9. The molecule has 0 fully saturated rings. The highest BCUT2D eigenvalue weighted by molar-refractivity contribution is 7.88.